The lowest BCUT2D eigenvalue weighted by atomic mass is 9.74. The fourth-order valence-corrected chi connectivity index (χ4v) is 5.94. The number of halogens is 4. The molecule has 0 saturated heterocycles. The summed E-state index contributed by atoms with van der Waals surface area (Å²) in [4.78, 5) is 0. The molecule has 2 aliphatic rings. The van der Waals surface area contributed by atoms with E-state index in [-0.39, 0.29) is 11.6 Å². The number of allylic oxidation sites excluding steroid dienone is 2. The number of rotatable bonds is 6. The molecule has 1 saturated carbocycles. The highest BCUT2D eigenvalue weighted by Gasteiger charge is 2.34. The second kappa shape index (κ2) is 13.5. The molecule has 5 heteroatoms. The molecular formula is C30H38Br2F2O. The molecule has 1 atom stereocenters. The Morgan fingerprint density at radius 3 is 2.00 bits per heavy atom. The minimum Gasteiger partial charge on any atom is -0.385 e. The third-order valence-electron chi connectivity index (χ3n) is 7.59. The van der Waals surface area contributed by atoms with Crippen LogP contribution in [-0.2, 0) is 5.60 Å². The summed E-state index contributed by atoms with van der Waals surface area (Å²) in [5, 5.41) is 10.7. The Morgan fingerprint density at radius 2 is 1.46 bits per heavy atom. The van der Waals surface area contributed by atoms with Crippen molar-refractivity contribution in [2.24, 2.45) is 11.8 Å². The minimum absolute atomic E-state index is 0.168. The third kappa shape index (κ3) is 7.97. The first-order valence-electron chi connectivity index (χ1n) is 13.1. The van der Waals surface area contributed by atoms with Gasteiger partial charge in [-0.25, -0.2) is 8.78 Å². The van der Waals surface area contributed by atoms with E-state index < -0.39 is 5.60 Å². The molecule has 0 bridgehead atoms. The number of hydrogen-bond donors (Lipinski definition) is 1. The molecule has 35 heavy (non-hydrogen) atoms. The molecule has 0 spiro atoms. The molecule has 192 valence electrons. The molecule has 2 aliphatic carbocycles. The van der Waals surface area contributed by atoms with Crippen molar-refractivity contribution in [2.45, 2.75) is 90.1 Å². The lowest BCUT2D eigenvalue weighted by Gasteiger charge is -2.36. The summed E-state index contributed by atoms with van der Waals surface area (Å²) < 4.78 is 28.0. The zero-order valence-corrected chi connectivity index (χ0v) is 24.1. The number of hydrogen-bond acceptors (Lipinski definition) is 1. The Labute approximate surface area is 226 Å². The highest BCUT2D eigenvalue weighted by molar-refractivity contribution is 9.10. The molecular weight excluding hydrogens is 574 g/mol. The maximum atomic E-state index is 13.5. The largest absolute Gasteiger partial charge is 0.385 e. The average molecular weight is 612 g/mol. The van der Waals surface area contributed by atoms with Crippen LogP contribution in [0.4, 0.5) is 8.78 Å². The fraction of sp³-hybridized carbons (Fsp3) is 0.533. The highest BCUT2D eigenvalue weighted by atomic mass is 79.9. The molecule has 2 aromatic carbocycles. The van der Waals surface area contributed by atoms with E-state index in [2.05, 4.69) is 51.8 Å². The van der Waals surface area contributed by atoms with Gasteiger partial charge in [-0.3, -0.25) is 0 Å². The molecule has 0 heterocycles. The van der Waals surface area contributed by atoms with Gasteiger partial charge in [-0.05, 0) is 130 Å². The summed E-state index contributed by atoms with van der Waals surface area (Å²) in [6, 6.07) is 10.4. The van der Waals surface area contributed by atoms with Crippen molar-refractivity contribution < 1.29 is 13.9 Å². The zero-order chi connectivity index (χ0) is 25.4. The van der Waals surface area contributed by atoms with E-state index in [4.69, 9.17) is 0 Å². The molecule has 1 fully saturated rings. The molecule has 1 N–H and O–H groups in total. The van der Waals surface area contributed by atoms with Gasteiger partial charge in [-0.1, -0.05) is 57.7 Å². The first-order valence-corrected chi connectivity index (χ1v) is 14.7. The van der Waals surface area contributed by atoms with Gasteiger partial charge >= 0.3 is 0 Å². The SMILES string of the molecule is CCCC1CC=C(c2ccc(Br)c(F)c2)CC1.CCCC1CCC(O)(c2ccc(Br)c(F)c2)CC1. The van der Waals surface area contributed by atoms with Crippen LogP contribution in [0.3, 0.4) is 0 Å². The lowest BCUT2D eigenvalue weighted by Crippen LogP contribution is -2.31. The monoisotopic (exact) mass is 610 g/mol. The maximum Gasteiger partial charge on any atom is 0.137 e. The van der Waals surface area contributed by atoms with Crippen LogP contribution in [0.1, 0.15) is 95.6 Å². The Morgan fingerprint density at radius 1 is 0.857 bits per heavy atom. The lowest BCUT2D eigenvalue weighted by molar-refractivity contribution is -0.0154. The van der Waals surface area contributed by atoms with Crippen LogP contribution < -0.4 is 0 Å². The normalized spacial score (nSPS) is 24.4. The van der Waals surface area contributed by atoms with Gasteiger partial charge in [0.05, 0.1) is 14.5 Å². The van der Waals surface area contributed by atoms with Crippen LogP contribution in [0.5, 0.6) is 0 Å². The van der Waals surface area contributed by atoms with Crippen molar-refractivity contribution in [3.8, 4) is 0 Å². The van der Waals surface area contributed by atoms with E-state index in [1.54, 1.807) is 18.2 Å². The molecule has 2 aromatic rings. The van der Waals surface area contributed by atoms with Gasteiger partial charge in [0.15, 0.2) is 0 Å². The van der Waals surface area contributed by atoms with Gasteiger partial charge in [0, 0.05) is 0 Å². The minimum atomic E-state index is -0.828. The van der Waals surface area contributed by atoms with Gasteiger partial charge in [-0.15, -0.1) is 0 Å². The Bertz CT molecular complexity index is 996. The summed E-state index contributed by atoms with van der Waals surface area (Å²) in [6.07, 6.45) is 14.4. The van der Waals surface area contributed by atoms with Crippen LogP contribution in [-0.4, -0.2) is 5.11 Å². The van der Waals surface area contributed by atoms with Gasteiger partial charge in [0.25, 0.3) is 0 Å². The number of benzene rings is 2. The van der Waals surface area contributed by atoms with Crippen LogP contribution in [0, 0.1) is 23.5 Å². The summed E-state index contributed by atoms with van der Waals surface area (Å²) in [5.41, 5.74) is 2.24. The predicted molar refractivity (Wildman–Crippen MR) is 149 cm³/mol. The van der Waals surface area contributed by atoms with Gasteiger partial charge in [-0.2, -0.15) is 0 Å². The highest BCUT2D eigenvalue weighted by Crippen LogP contribution is 2.41. The Hall–Kier alpha value is -1.04. The molecule has 0 aromatic heterocycles. The standard InChI is InChI=1S/C15H20BrFO.C15H18BrF/c1-2-3-11-6-8-15(18,9-7-11)12-4-5-13(16)14(17)10-12;1-2-3-11-4-6-12(7-5-11)13-8-9-14(16)15(17)10-13/h4-5,10-11,18H,2-3,6-9H2,1H3;6,8-11H,2-5,7H2,1H3. The zero-order valence-electron chi connectivity index (χ0n) is 20.9. The summed E-state index contributed by atoms with van der Waals surface area (Å²) in [7, 11) is 0. The maximum absolute atomic E-state index is 13.5. The van der Waals surface area contributed by atoms with Crippen molar-refractivity contribution in [3.63, 3.8) is 0 Å². The quantitative estimate of drug-likeness (QED) is 0.344. The first-order chi connectivity index (χ1) is 16.8. The van der Waals surface area contributed by atoms with E-state index in [1.807, 2.05) is 12.1 Å². The van der Waals surface area contributed by atoms with Gasteiger partial charge in [0.1, 0.15) is 11.6 Å². The Kier molecular flexibility index (Phi) is 11.0. The second-order valence-corrected chi connectivity index (χ2v) is 11.9. The van der Waals surface area contributed by atoms with Crippen LogP contribution >= 0.6 is 31.9 Å². The van der Waals surface area contributed by atoms with E-state index >= 15 is 0 Å². The van der Waals surface area contributed by atoms with Crippen molar-refractivity contribution in [2.75, 3.05) is 0 Å². The predicted octanol–water partition coefficient (Wildman–Crippen LogP) is 10.3. The molecule has 1 unspecified atom stereocenters. The van der Waals surface area contributed by atoms with E-state index in [0.29, 0.717) is 8.95 Å². The van der Waals surface area contributed by atoms with Crippen molar-refractivity contribution in [3.05, 3.63) is 74.2 Å². The molecule has 0 amide bonds. The molecule has 1 nitrogen and oxygen atoms in total. The van der Waals surface area contributed by atoms with Gasteiger partial charge < -0.3 is 5.11 Å². The molecule has 0 radical (unpaired) electrons. The van der Waals surface area contributed by atoms with Crippen molar-refractivity contribution in [1.82, 2.24) is 0 Å². The van der Waals surface area contributed by atoms with Crippen LogP contribution in [0.25, 0.3) is 5.57 Å². The van der Waals surface area contributed by atoms with E-state index in [9.17, 15) is 13.9 Å². The van der Waals surface area contributed by atoms with E-state index in [1.165, 1.54) is 43.7 Å². The fourth-order valence-electron chi connectivity index (χ4n) is 5.44. The van der Waals surface area contributed by atoms with Gasteiger partial charge in [0.2, 0.25) is 0 Å². The first kappa shape index (κ1) is 28.5. The van der Waals surface area contributed by atoms with Crippen LogP contribution in [0.2, 0.25) is 0 Å². The number of aliphatic hydroxyl groups is 1. The average Bonchev–Trinajstić information content (AvgIpc) is 2.85. The van der Waals surface area contributed by atoms with Crippen molar-refractivity contribution >= 4 is 37.4 Å². The summed E-state index contributed by atoms with van der Waals surface area (Å²) in [6.45, 7) is 4.44. The van der Waals surface area contributed by atoms with E-state index in [0.717, 1.165) is 61.5 Å². The van der Waals surface area contributed by atoms with Crippen molar-refractivity contribution in [1.29, 1.82) is 0 Å². The smallest absolute Gasteiger partial charge is 0.137 e. The molecule has 0 aliphatic heterocycles. The van der Waals surface area contributed by atoms with Crippen LogP contribution in [0.15, 0.2) is 51.4 Å². The summed E-state index contributed by atoms with van der Waals surface area (Å²) in [5.74, 6) is 1.11. The summed E-state index contributed by atoms with van der Waals surface area (Å²) >= 11 is 6.33. The molecule has 4 rings (SSSR count). The topological polar surface area (TPSA) is 20.2 Å². The second-order valence-electron chi connectivity index (χ2n) is 10.2. The Balaban J connectivity index is 0.000000196. The third-order valence-corrected chi connectivity index (χ3v) is 8.88.